The van der Waals surface area contributed by atoms with Crippen LogP contribution in [0.4, 0.5) is 4.39 Å². The Labute approximate surface area is 156 Å². The third-order valence-corrected chi connectivity index (χ3v) is 4.93. The topological polar surface area (TPSA) is 56.2 Å². The van der Waals surface area contributed by atoms with Crippen LogP contribution in [0.3, 0.4) is 0 Å². The van der Waals surface area contributed by atoms with E-state index in [1.165, 1.54) is 17.0 Å². The number of carbonyl (C=O) groups is 1. The van der Waals surface area contributed by atoms with E-state index in [0.29, 0.717) is 5.56 Å². The first kappa shape index (κ1) is 17.0. The lowest BCUT2D eigenvalue weighted by Gasteiger charge is -2.28. The van der Waals surface area contributed by atoms with Gasteiger partial charge in [0.1, 0.15) is 5.82 Å². The van der Waals surface area contributed by atoms with Gasteiger partial charge in [0.05, 0.1) is 0 Å². The molecule has 0 radical (unpaired) electrons. The maximum absolute atomic E-state index is 13.7. The summed E-state index contributed by atoms with van der Waals surface area (Å²) in [5, 5.41) is 11.2. The number of likely N-dealkylation sites (N-methyl/N-ethyl adjacent to an activating group) is 1. The molecule has 3 aromatic rings. The van der Waals surface area contributed by atoms with Crippen molar-refractivity contribution < 1.29 is 9.18 Å². The molecule has 1 unspecified atom stereocenters. The summed E-state index contributed by atoms with van der Waals surface area (Å²) in [6, 6.07) is 23.2. The van der Waals surface area contributed by atoms with Crippen molar-refractivity contribution in [1.82, 2.24) is 10.2 Å². The summed E-state index contributed by atoms with van der Waals surface area (Å²) in [7, 11) is 1.58. The summed E-state index contributed by atoms with van der Waals surface area (Å²) in [4.78, 5) is 14.5. The predicted octanol–water partition coefficient (Wildman–Crippen LogP) is 3.73. The normalized spacial score (nSPS) is 19.3. The summed E-state index contributed by atoms with van der Waals surface area (Å²) in [5.41, 5.74) is 1.80. The van der Waals surface area contributed by atoms with Crippen molar-refractivity contribution in [2.75, 3.05) is 7.05 Å². The molecule has 4 nitrogen and oxygen atoms in total. The van der Waals surface area contributed by atoms with Crippen LogP contribution in [0.1, 0.15) is 11.1 Å². The Morgan fingerprint density at radius 3 is 2.15 bits per heavy atom. The van der Waals surface area contributed by atoms with E-state index in [0.717, 1.165) is 16.7 Å². The number of amides is 1. The van der Waals surface area contributed by atoms with Crippen LogP contribution >= 0.6 is 0 Å². The smallest absolute Gasteiger partial charge is 0.264 e. The minimum atomic E-state index is -1.18. The molecule has 0 bridgehead atoms. The molecule has 0 saturated carbocycles. The van der Waals surface area contributed by atoms with Gasteiger partial charge in [-0.15, -0.1) is 0 Å². The summed E-state index contributed by atoms with van der Waals surface area (Å²) < 4.78 is 13.7. The van der Waals surface area contributed by atoms with Crippen molar-refractivity contribution in [3.8, 4) is 11.1 Å². The molecule has 4 rings (SSSR count). The number of carbonyl (C=O) groups excluding carboxylic acids is 1. The van der Waals surface area contributed by atoms with Gasteiger partial charge in [0, 0.05) is 7.05 Å². The molecule has 1 aliphatic rings. The molecule has 3 aromatic carbocycles. The number of rotatable bonds is 3. The van der Waals surface area contributed by atoms with Crippen molar-refractivity contribution in [1.29, 1.82) is 5.41 Å². The Hall–Kier alpha value is -3.47. The van der Waals surface area contributed by atoms with Crippen LogP contribution in [0, 0.1) is 11.2 Å². The van der Waals surface area contributed by atoms with Gasteiger partial charge in [0.25, 0.3) is 5.91 Å². The third kappa shape index (κ3) is 2.68. The Bertz CT molecular complexity index is 1030. The zero-order valence-electron chi connectivity index (χ0n) is 14.7. The second kappa shape index (κ2) is 6.36. The van der Waals surface area contributed by atoms with Crippen molar-refractivity contribution >= 4 is 11.9 Å². The van der Waals surface area contributed by atoms with E-state index in [-0.39, 0.29) is 17.7 Å². The summed E-state index contributed by atoms with van der Waals surface area (Å²) >= 11 is 0. The molecule has 1 saturated heterocycles. The fourth-order valence-electron chi connectivity index (χ4n) is 3.51. The van der Waals surface area contributed by atoms with Crippen molar-refractivity contribution in [3.63, 3.8) is 0 Å². The predicted molar refractivity (Wildman–Crippen MR) is 103 cm³/mol. The lowest BCUT2D eigenvalue weighted by molar-refractivity contribution is -0.129. The van der Waals surface area contributed by atoms with E-state index < -0.39 is 5.54 Å². The number of halogens is 1. The van der Waals surface area contributed by atoms with Crippen molar-refractivity contribution in [2.45, 2.75) is 5.54 Å². The standard InChI is InChI=1S/C22H18FN3O/c1-26-20(27)22(25-21(26)24,17-9-3-2-4-10-17)18-11-5-7-15(13-18)16-8-6-12-19(23)14-16/h2-14H,1H3,(H2,24,25). The molecule has 134 valence electrons. The minimum absolute atomic E-state index is 0.0417. The van der Waals surface area contributed by atoms with Gasteiger partial charge in [0.2, 0.25) is 0 Å². The zero-order chi connectivity index (χ0) is 19.0. The maximum Gasteiger partial charge on any atom is 0.264 e. The summed E-state index contributed by atoms with van der Waals surface area (Å²) in [5.74, 6) is -0.498. The quantitative estimate of drug-likeness (QED) is 0.749. The average molecular weight is 359 g/mol. The van der Waals surface area contributed by atoms with Crippen LogP contribution in [-0.2, 0) is 10.3 Å². The number of nitrogens with zero attached hydrogens (tertiary/aromatic N) is 1. The largest absolute Gasteiger partial charge is 0.334 e. The lowest BCUT2D eigenvalue weighted by Crippen LogP contribution is -2.45. The number of benzene rings is 3. The van der Waals surface area contributed by atoms with E-state index >= 15 is 0 Å². The molecule has 5 heteroatoms. The highest BCUT2D eigenvalue weighted by Crippen LogP contribution is 2.37. The van der Waals surface area contributed by atoms with Crippen LogP contribution in [0.25, 0.3) is 11.1 Å². The zero-order valence-corrected chi connectivity index (χ0v) is 14.7. The Balaban J connectivity index is 1.91. The fraction of sp³-hybridized carbons (Fsp3) is 0.0909. The maximum atomic E-state index is 13.7. The second-order valence-electron chi connectivity index (χ2n) is 6.54. The van der Waals surface area contributed by atoms with E-state index in [4.69, 9.17) is 5.41 Å². The molecule has 0 aromatic heterocycles. The molecule has 0 aliphatic carbocycles. The lowest BCUT2D eigenvalue weighted by atomic mass is 9.81. The number of guanidine groups is 1. The van der Waals surface area contributed by atoms with Crippen LogP contribution in [0.5, 0.6) is 0 Å². The minimum Gasteiger partial charge on any atom is -0.334 e. The Morgan fingerprint density at radius 1 is 0.889 bits per heavy atom. The number of hydrogen-bond acceptors (Lipinski definition) is 2. The highest BCUT2D eigenvalue weighted by molar-refractivity contribution is 6.10. The highest BCUT2D eigenvalue weighted by atomic mass is 19.1. The van der Waals surface area contributed by atoms with Gasteiger partial charge in [-0.25, -0.2) is 4.39 Å². The van der Waals surface area contributed by atoms with E-state index in [1.54, 1.807) is 13.1 Å². The Kier molecular flexibility index (Phi) is 4.00. The van der Waals surface area contributed by atoms with E-state index in [2.05, 4.69) is 5.32 Å². The monoisotopic (exact) mass is 359 g/mol. The molecule has 0 spiro atoms. The molecular weight excluding hydrogens is 341 g/mol. The van der Waals surface area contributed by atoms with Crippen LogP contribution in [-0.4, -0.2) is 23.8 Å². The van der Waals surface area contributed by atoms with Crippen LogP contribution in [0.15, 0.2) is 78.9 Å². The van der Waals surface area contributed by atoms with Gasteiger partial charge in [-0.2, -0.15) is 0 Å². The molecule has 2 N–H and O–H groups in total. The van der Waals surface area contributed by atoms with E-state index in [9.17, 15) is 9.18 Å². The molecule has 1 aliphatic heterocycles. The summed E-state index contributed by atoms with van der Waals surface area (Å²) in [6.07, 6.45) is 0. The summed E-state index contributed by atoms with van der Waals surface area (Å²) in [6.45, 7) is 0. The molecule has 1 amide bonds. The van der Waals surface area contributed by atoms with Gasteiger partial charge in [-0.1, -0.05) is 60.7 Å². The average Bonchev–Trinajstić information content (AvgIpc) is 2.94. The number of hydrogen-bond donors (Lipinski definition) is 2. The second-order valence-corrected chi connectivity index (χ2v) is 6.54. The Morgan fingerprint density at radius 2 is 1.52 bits per heavy atom. The number of nitrogens with one attached hydrogen (secondary N) is 2. The molecule has 27 heavy (non-hydrogen) atoms. The van der Waals surface area contributed by atoms with Gasteiger partial charge >= 0.3 is 0 Å². The molecule has 1 fully saturated rings. The fourth-order valence-corrected chi connectivity index (χ4v) is 3.51. The van der Waals surface area contributed by atoms with Crippen molar-refractivity contribution in [2.24, 2.45) is 0 Å². The first-order valence-corrected chi connectivity index (χ1v) is 8.59. The molecule has 1 atom stereocenters. The van der Waals surface area contributed by atoms with Crippen LogP contribution in [0.2, 0.25) is 0 Å². The van der Waals surface area contributed by atoms with E-state index in [1.807, 2.05) is 60.7 Å². The van der Waals surface area contributed by atoms with Gasteiger partial charge in [-0.3, -0.25) is 15.1 Å². The van der Waals surface area contributed by atoms with Crippen LogP contribution < -0.4 is 5.32 Å². The first-order chi connectivity index (χ1) is 13.0. The molecule has 1 heterocycles. The van der Waals surface area contributed by atoms with Gasteiger partial charge in [-0.05, 0) is 40.5 Å². The van der Waals surface area contributed by atoms with Gasteiger partial charge in [0.15, 0.2) is 11.5 Å². The van der Waals surface area contributed by atoms with Crippen molar-refractivity contribution in [3.05, 3.63) is 95.8 Å². The SMILES string of the molecule is CN1C(=N)NC(c2ccccc2)(c2cccc(-c3cccc(F)c3)c2)C1=O. The van der Waals surface area contributed by atoms with Gasteiger partial charge < -0.3 is 5.32 Å². The third-order valence-electron chi connectivity index (χ3n) is 4.93. The first-order valence-electron chi connectivity index (χ1n) is 8.59. The molecular formula is C22H18FN3O. The highest BCUT2D eigenvalue weighted by Gasteiger charge is 2.50.